The van der Waals surface area contributed by atoms with Crippen molar-refractivity contribution in [2.24, 2.45) is 0 Å². The van der Waals surface area contributed by atoms with Crippen LogP contribution < -0.4 is 5.32 Å². The van der Waals surface area contributed by atoms with Crippen LogP contribution in [-0.2, 0) is 9.84 Å². The predicted molar refractivity (Wildman–Crippen MR) is 88.4 cm³/mol. The summed E-state index contributed by atoms with van der Waals surface area (Å²) >= 11 is 0. The monoisotopic (exact) mass is 309 g/mol. The van der Waals surface area contributed by atoms with Gasteiger partial charge in [-0.15, -0.1) is 0 Å². The van der Waals surface area contributed by atoms with E-state index in [1.807, 2.05) is 18.2 Å². The van der Waals surface area contributed by atoms with Crippen LogP contribution >= 0.6 is 0 Å². The van der Waals surface area contributed by atoms with E-state index in [0.717, 1.165) is 32.2 Å². The number of benzene rings is 1. The third-order valence-corrected chi connectivity index (χ3v) is 6.83. The summed E-state index contributed by atoms with van der Waals surface area (Å²) in [7, 11) is -3.00. The quantitative estimate of drug-likeness (QED) is 0.878. The van der Waals surface area contributed by atoms with Crippen LogP contribution in [0, 0.1) is 0 Å². The fourth-order valence-electron chi connectivity index (χ4n) is 3.33. The van der Waals surface area contributed by atoms with Crippen LogP contribution in [-0.4, -0.2) is 32.0 Å². The van der Waals surface area contributed by atoms with Gasteiger partial charge in [-0.2, -0.15) is 0 Å². The van der Waals surface area contributed by atoms with Crippen LogP contribution in [0.25, 0.3) is 0 Å². The zero-order valence-corrected chi connectivity index (χ0v) is 13.9. The molecule has 1 aliphatic rings. The molecule has 1 saturated carbocycles. The molecular formula is C17H27NO2S. The first-order chi connectivity index (χ1) is 10.1. The van der Waals surface area contributed by atoms with Crippen molar-refractivity contribution in [2.45, 2.75) is 56.7 Å². The molecule has 0 aliphatic heterocycles. The van der Waals surface area contributed by atoms with Crippen molar-refractivity contribution in [2.75, 3.05) is 12.3 Å². The summed E-state index contributed by atoms with van der Waals surface area (Å²) in [5.41, 5.74) is 1.28. The van der Waals surface area contributed by atoms with Gasteiger partial charge in [0.2, 0.25) is 0 Å². The molecule has 4 heteroatoms. The van der Waals surface area contributed by atoms with Crippen molar-refractivity contribution in [3.05, 3.63) is 35.9 Å². The Bertz CT molecular complexity index is 527. The van der Waals surface area contributed by atoms with Gasteiger partial charge in [-0.3, -0.25) is 0 Å². The molecule has 0 amide bonds. The van der Waals surface area contributed by atoms with Gasteiger partial charge in [0.1, 0.15) is 0 Å². The van der Waals surface area contributed by atoms with Crippen molar-refractivity contribution in [1.29, 1.82) is 0 Å². The molecule has 0 saturated heterocycles. The van der Waals surface area contributed by atoms with E-state index in [1.165, 1.54) is 5.56 Å². The Balaban J connectivity index is 2.17. The number of rotatable bonds is 6. The third-order valence-electron chi connectivity index (χ3n) is 4.58. The maximum Gasteiger partial charge on any atom is 0.154 e. The lowest BCUT2D eigenvalue weighted by Crippen LogP contribution is -2.48. The van der Waals surface area contributed by atoms with E-state index >= 15 is 0 Å². The van der Waals surface area contributed by atoms with Gasteiger partial charge in [0.15, 0.2) is 9.84 Å². The topological polar surface area (TPSA) is 46.2 Å². The van der Waals surface area contributed by atoms with Crippen molar-refractivity contribution < 1.29 is 8.42 Å². The number of nitrogens with one attached hydrogen (secondary N) is 1. The standard InChI is InChI=1S/C17H27NO2S/c1-3-12-18-16-11-10-15(14-8-6-5-7-9-14)13-17(16)21(19,20)4-2/h5-9,15-18H,3-4,10-13H2,1-2H3. The molecule has 0 aromatic heterocycles. The summed E-state index contributed by atoms with van der Waals surface area (Å²) in [6.07, 6.45) is 3.81. The van der Waals surface area contributed by atoms with E-state index < -0.39 is 9.84 Å². The maximum absolute atomic E-state index is 12.5. The van der Waals surface area contributed by atoms with Gasteiger partial charge < -0.3 is 5.32 Å². The van der Waals surface area contributed by atoms with E-state index in [2.05, 4.69) is 24.4 Å². The zero-order chi connectivity index (χ0) is 15.3. The maximum atomic E-state index is 12.5. The first-order valence-electron chi connectivity index (χ1n) is 8.08. The molecule has 3 unspecified atom stereocenters. The van der Waals surface area contributed by atoms with E-state index in [9.17, 15) is 8.42 Å². The molecule has 3 atom stereocenters. The summed E-state index contributed by atoms with van der Waals surface area (Å²) < 4.78 is 24.9. The molecule has 1 N–H and O–H groups in total. The Hall–Kier alpha value is -0.870. The summed E-state index contributed by atoms with van der Waals surface area (Å²) in [5, 5.41) is 3.21. The van der Waals surface area contributed by atoms with Crippen LogP contribution in [0.1, 0.15) is 51.0 Å². The highest BCUT2D eigenvalue weighted by Crippen LogP contribution is 2.36. The van der Waals surface area contributed by atoms with Gasteiger partial charge in [0, 0.05) is 11.8 Å². The fraction of sp³-hybridized carbons (Fsp3) is 0.647. The first-order valence-corrected chi connectivity index (χ1v) is 9.80. The average molecular weight is 309 g/mol. The molecule has 3 nitrogen and oxygen atoms in total. The molecular weight excluding hydrogens is 282 g/mol. The number of sulfone groups is 1. The fourth-order valence-corrected chi connectivity index (χ4v) is 5.02. The zero-order valence-electron chi connectivity index (χ0n) is 13.1. The van der Waals surface area contributed by atoms with E-state index in [4.69, 9.17) is 0 Å². The molecule has 1 fully saturated rings. The van der Waals surface area contributed by atoms with Gasteiger partial charge >= 0.3 is 0 Å². The minimum absolute atomic E-state index is 0.120. The van der Waals surface area contributed by atoms with Crippen LogP contribution in [0.3, 0.4) is 0 Å². The Morgan fingerprint density at radius 1 is 1.14 bits per heavy atom. The molecule has 1 aliphatic carbocycles. The Kier molecular flexibility index (Phi) is 5.82. The highest BCUT2D eigenvalue weighted by molar-refractivity contribution is 7.92. The Morgan fingerprint density at radius 3 is 2.48 bits per heavy atom. The van der Waals surface area contributed by atoms with Crippen molar-refractivity contribution >= 4 is 9.84 Å². The largest absolute Gasteiger partial charge is 0.313 e. The summed E-state index contributed by atoms with van der Waals surface area (Å²) in [5.74, 6) is 0.612. The van der Waals surface area contributed by atoms with Gasteiger partial charge in [-0.1, -0.05) is 44.2 Å². The minimum atomic E-state index is -3.00. The van der Waals surface area contributed by atoms with Crippen LogP contribution in [0.2, 0.25) is 0 Å². The number of hydrogen-bond donors (Lipinski definition) is 1. The van der Waals surface area contributed by atoms with E-state index in [1.54, 1.807) is 6.92 Å². The lowest BCUT2D eigenvalue weighted by molar-refractivity contribution is 0.342. The second-order valence-electron chi connectivity index (χ2n) is 5.97. The van der Waals surface area contributed by atoms with E-state index in [-0.39, 0.29) is 17.0 Å². The SMILES string of the molecule is CCCNC1CCC(c2ccccc2)CC1S(=O)(=O)CC. The Labute approximate surface area is 129 Å². The van der Waals surface area contributed by atoms with Crippen LogP contribution in [0.15, 0.2) is 30.3 Å². The average Bonchev–Trinajstić information content (AvgIpc) is 2.53. The molecule has 0 spiro atoms. The Morgan fingerprint density at radius 2 is 1.86 bits per heavy atom. The lowest BCUT2D eigenvalue weighted by Gasteiger charge is -2.36. The molecule has 118 valence electrons. The molecule has 0 radical (unpaired) electrons. The number of hydrogen-bond acceptors (Lipinski definition) is 3. The summed E-state index contributed by atoms with van der Waals surface area (Å²) in [4.78, 5) is 0. The highest BCUT2D eigenvalue weighted by Gasteiger charge is 2.38. The van der Waals surface area contributed by atoms with Crippen molar-refractivity contribution in [1.82, 2.24) is 5.32 Å². The molecule has 0 heterocycles. The molecule has 1 aromatic carbocycles. The summed E-state index contributed by atoms with van der Waals surface area (Å²) in [6.45, 7) is 4.78. The lowest BCUT2D eigenvalue weighted by atomic mass is 9.81. The highest BCUT2D eigenvalue weighted by atomic mass is 32.2. The van der Waals surface area contributed by atoms with Gasteiger partial charge in [0.25, 0.3) is 0 Å². The first kappa shape index (κ1) is 16.5. The van der Waals surface area contributed by atoms with Gasteiger partial charge in [-0.25, -0.2) is 8.42 Å². The summed E-state index contributed by atoms with van der Waals surface area (Å²) in [6, 6.07) is 10.5. The smallest absolute Gasteiger partial charge is 0.154 e. The normalized spacial score (nSPS) is 26.7. The van der Waals surface area contributed by atoms with E-state index in [0.29, 0.717) is 5.92 Å². The third kappa shape index (κ3) is 4.07. The van der Waals surface area contributed by atoms with Gasteiger partial charge in [0.05, 0.1) is 5.25 Å². The van der Waals surface area contributed by atoms with Gasteiger partial charge in [-0.05, 0) is 43.7 Å². The molecule has 1 aromatic rings. The molecule has 21 heavy (non-hydrogen) atoms. The second-order valence-corrected chi connectivity index (χ2v) is 8.48. The molecule has 0 bridgehead atoms. The van der Waals surface area contributed by atoms with Crippen LogP contribution in [0.4, 0.5) is 0 Å². The van der Waals surface area contributed by atoms with Crippen LogP contribution in [0.5, 0.6) is 0 Å². The minimum Gasteiger partial charge on any atom is -0.313 e. The molecule has 2 rings (SSSR count). The van der Waals surface area contributed by atoms with Crippen molar-refractivity contribution in [3.63, 3.8) is 0 Å². The van der Waals surface area contributed by atoms with Crippen molar-refractivity contribution in [3.8, 4) is 0 Å². The second kappa shape index (κ2) is 7.41. The predicted octanol–water partition coefficient (Wildman–Crippen LogP) is 3.13.